The lowest BCUT2D eigenvalue weighted by Crippen LogP contribution is -2.38. The van der Waals surface area contributed by atoms with Crippen molar-refractivity contribution in [2.75, 3.05) is 19.3 Å². The third-order valence-electron chi connectivity index (χ3n) is 5.11. The highest BCUT2D eigenvalue weighted by Crippen LogP contribution is 2.30. The SMILES string of the molecule is CCNC(=NCc1ccc(CS(C)(=O)=O)cc1)NCCC1CCCC(C)C1.I. The number of nitrogens with one attached hydrogen (secondary N) is 2. The molecule has 2 atom stereocenters. The molecule has 7 heteroatoms. The molecule has 0 amide bonds. The highest BCUT2D eigenvalue weighted by Gasteiger charge is 2.18. The predicted molar refractivity (Wildman–Crippen MR) is 129 cm³/mol. The predicted octanol–water partition coefficient (Wildman–Crippen LogP) is 4.12. The quantitative estimate of drug-likeness (QED) is 0.307. The smallest absolute Gasteiger partial charge is 0.191 e. The van der Waals surface area contributed by atoms with Crippen LogP contribution < -0.4 is 10.6 Å². The number of nitrogens with zero attached hydrogens (tertiary/aromatic N) is 1. The van der Waals surface area contributed by atoms with Crippen molar-refractivity contribution in [3.05, 3.63) is 35.4 Å². The van der Waals surface area contributed by atoms with Crippen LogP contribution in [0.2, 0.25) is 0 Å². The Labute approximate surface area is 188 Å². The van der Waals surface area contributed by atoms with Gasteiger partial charge in [0, 0.05) is 19.3 Å². The summed E-state index contributed by atoms with van der Waals surface area (Å²) < 4.78 is 22.7. The van der Waals surface area contributed by atoms with E-state index in [4.69, 9.17) is 0 Å². The van der Waals surface area contributed by atoms with Crippen molar-refractivity contribution in [2.45, 2.75) is 58.2 Å². The molecule has 1 fully saturated rings. The number of aliphatic imine (C=N–C) groups is 1. The van der Waals surface area contributed by atoms with Crippen molar-refractivity contribution in [2.24, 2.45) is 16.8 Å². The second-order valence-corrected chi connectivity index (χ2v) is 10.1. The summed E-state index contributed by atoms with van der Waals surface area (Å²) in [5.74, 6) is 2.64. The molecule has 5 nitrogen and oxygen atoms in total. The third kappa shape index (κ3) is 10.1. The Kier molecular flexibility index (Phi) is 11.4. The molecule has 1 aromatic carbocycles. The molecule has 0 saturated heterocycles. The van der Waals surface area contributed by atoms with E-state index in [1.807, 2.05) is 24.3 Å². The van der Waals surface area contributed by atoms with Crippen LogP contribution in [0.4, 0.5) is 0 Å². The van der Waals surface area contributed by atoms with Gasteiger partial charge in [0.05, 0.1) is 12.3 Å². The van der Waals surface area contributed by atoms with E-state index >= 15 is 0 Å². The number of guanidine groups is 1. The van der Waals surface area contributed by atoms with Gasteiger partial charge in [-0.25, -0.2) is 13.4 Å². The fourth-order valence-electron chi connectivity index (χ4n) is 3.77. The van der Waals surface area contributed by atoms with E-state index in [0.717, 1.165) is 42.0 Å². The molecule has 0 bridgehead atoms. The van der Waals surface area contributed by atoms with Gasteiger partial charge >= 0.3 is 0 Å². The number of hydrogen-bond acceptors (Lipinski definition) is 3. The monoisotopic (exact) mass is 521 g/mol. The minimum atomic E-state index is -2.99. The average molecular weight is 522 g/mol. The second-order valence-electron chi connectivity index (χ2n) is 7.94. The summed E-state index contributed by atoms with van der Waals surface area (Å²) >= 11 is 0. The first-order valence-corrected chi connectivity index (χ1v) is 12.2. The first kappa shape index (κ1) is 25.2. The summed E-state index contributed by atoms with van der Waals surface area (Å²) in [5, 5.41) is 6.76. The number of halogens is 1. The molecule has 0 aromatic heterocycles. The number of sulfone groups is 1. The van der Waals surface area contributed by atoms with Crippen LogP contribution in [0.25, 0.3) is 0 Å². The van der Waals surface area contributed by atoms with Gasteiger partial charge < -0.3 is 10.6 Å². The Bertz CT molecular complexity index is 705. The molecule has 160 valence electrons. The van der Waals surface area contributed by atoms with Crippen LogP contribution in [-0.2, 0) is 22.1 Å². The van der Waals surface area contributed by atoms with E-state index in [1.54, 1.807) is 0 Å². The largest absolute Gasteiger partial charge is 0.357 e. The summed E-state index contributed by atoms with van der Waals surface area (Å²) in [6.07, 6.45) is 7.93. The van der Waals surface area contributed by atoms with Crippen LogP contribution in [0.1, 0.15) is 57.1 Å². The Hall–Kier alpha value is -0.830. The van der Waals surface area contributed by atoms with Crippen molar-refractivity contribution in [3.8, 4) is 0 Å². The minimum Gasteiger partial charge on any atom is -0.357 e. The van der Waals surface area contributed by atoms with Gasteiger partial charge in [-0.3, -0.25) is 0 Å². The molecule has 0 spiro atoms. The fraction of sp³-hybridized carbons (Fsp3) is 0.667. The van der Waals surface area contributed by atoms with Crippen molar-refractivity contribution in [1.29, 1.82) is 0 Å². The number of rotatable bonds is 8. The molecule has 1 aliphatic rings. The van der Waals surface area contributed by atoms with Crippen molar-refractivity contribution >= 4 is 39.8 Å². The lowest BCUT2D eigenvalue weighted by Gasteiger charge is -2.26. The van der Waals surface area contributed by atoms with Crippen LogP contribution in [0.3, 0.4) is 0 Å². The number of benzene rings is 1. The molecule has 1 aromatic rings. The molecule has 0 aliphatic heterocycles. The first-order chi connectivity index (χ1) is 12.9. The van der Waals surface area contributed by atoms with Gasteiger partial charge in [-0.2, -0.15) is 0 Å². The Morgan fingerprint density at radius 3 is 2.43 bits per heavy atom. The molecule has 1 aliphatic carbocycles. The van der Waals surface area contributed by atoms with Crippen LogP contribution in [-0.4, -0.2) is 33.7 Å². The zero-order valence-electron chi connectivity index (χ0n) is 17.4. The molecular formula is C21H36IN3O2S. The molecule has 1 saturated carbocycles. The standard InChI is InChI=1S/C21H35N3O2S.HI/c1-4-22-21(23-13-12-18-7-5-6-17(2)14-18)24-15-19-8-10-20(11-9-19)16-27(3,25)26;/h8-11,17-18H,4-7,12-16H2,1-3H3,(H2,22,23,24);1H. The van der Waals surface area contributed by atoms with E-state index in [9.17, 15) is 8.42 Å². The number of hydrogen-bond donors (Lipinski definition) is 2. The van der Waals surface area contributed by atoms with Crippen molar-refractivity contribution in [3.63, 3.8) is 0 Å². The molecular weight excluding hydrogens is 485 g/mol. The summed E-state index contributed by atoms with van der Waals surface area (Å²) in [6, 6.07) is 7.65. The summed E-state index contributed by atoms with van der Waals surface area (Å²) in [4.78, 5) is 4.66. The van der Waals surface area contributed by atoms with Gasteiger partial charge in [0.15, 0.2) is 15.8 Å². The van der Waals surface area contributed by atoms with Gasteiger partial charge in [0.1, 0.15) is 0 Å². The topological polar surface area (TPSA) is 70.6 Å². The molecule has 2 unspecified atom stereocenters. The Balaban J connectivity index is 0.00000392. The van der Waals surface area contributed by atoms with E-state index in [1.165, 1.54) is 38.4 Å². The molecule has 2 rings (SSSR count). The van der Waals surface area contributed by atoms with Gasteiger partial charge in [-0.15, -0.1) is 24.0 Å². The maximum absolute atomic E-state index is 11.4. The van der Waals surface area contributed by atoms with Gasteiger partial charge in [-0.05, 0) is 42.7 Å². The summed E-state index contributed by atoms with van der Waals surface area (Å²) in [5.41, 5.74) is 1.89. The zero-order chi connectivity index (χ0) is 19.7. The van der Waals surface area contributed by atoms with E-state index in [-0.39, 0.29) is 29.7 Å². The zero-order valence-corrected chi connectivity index (χ0v) is 20.6. The Morgan fingerprint density at radius 1 is 1.14 bits per heavy atom. The first-order valence-electron chi connectivity index (χ1n) is 10.1. The van der Waals surface area contributed by atoms with Crippen molar-refractivity contribution < 1.29 is 8.42 Å². The Morgan fingerprint density at radius 2 is 1.82 bits per heavy atom. The normalized spacial score (nSPS) is 20.3. The summed E-state index contributed by atoms with van der Waals surface area (Å²) in [7, 11) is -2.99. The lowest BCUT2D eigenvalue weighted by atomic mass is 9.81. The molecule has 0 radical (unpaired) electrons. The van der Waals surface area contributed by atoms with Crippen molar-refractivity contribution in [1.82, 2.24) is 10.6 Å². The maximum Gasteiger partial charge on any atom is 0.191 e. The second kappa shape index (κ2) is 12.7. The molecule has 0 heterocycles. The van der Waals surface area contributed by atoms with Gasteiger partial charge in [-0.1, -0.05) is 50.5 Å². The van der Waals surface area contributed by atoms with Crippen LogP contribution in [0.15, 0.2) is 29.3 Å². The van der Waals surface area contributed by atoms with Crippen LogP contribution >= 0.6 is 24.0 Å². The highest BCUT2D eigenvalue weighted by molar-refractivity contribution is 14.0. The lowest BCUT2D eigenvalue weighted by molar-refractivity contribution is 0.270. The average Bonchev–Trinajstić information content (AvgIpc) is 2.60. The van der Waals surface area contributed by atoms with E-state index < -0.39 is 9.84 Å². The minimum absolute atomic E-state index is 0. The van der Waals surface area contributed by atoms with Gasteiger partial charge in [0.25, 0.3) is 0 Å². The molecule has 28 heavy (non-hydrogen) atoms. The fourth-order valence-corrected chi connectivity index (χ4v) is 4.57. The van der Waals surface area contributed by atoms with Gasteiger partial charge in [0.2, 0.25) is 0 Å². The van der Waals surface area contributed by atoms with E-state index in [2.05, 4.69) is 29.5 Å². The van der Waals surface area contributed by atoms with E-state index in [0.29, 0.717) is 6.54 Å². The van der Waals surface area contributed by atoms with Crippen LogP contribution in [0.5, 0.6) is 0 Å². The maximum atomic E-state index is 11.4. The highest BCUT2D eigenvalue weighted by atomic mass is 127. The molecule has 2 N–H and O–H groups in total. The third-order valence-corrected chi connectivity index (χ3v) is 5.96. The van der Waals surface area contributed by atoms with Crippen LogP contribution in [0, 0.1) is 11.8 Å². The summed E-state index contributed by atoms with van der Waals surface area (Å²) in [6.45, 7) is 6.80.